The Morgan fingerprint density at radius 3 is 2.67 bits per heavy atom. The zero-order valence-corrected chi connectivity index (χ0v) is 13.4. The van der Waals surface area contributed by atoms with Crippen molar-refractivity contribution >= 4 is 11.3 Å². The number of rotatable bonds is 9. The Bertz CT molecular complexity index is 528. The molecule has 0 aliphatic rings. The van der Waals surface area contributed by atoms with E-state index in [0.29, 0.717) is 19.8 Å². The summed E-state index contributed by atoms with van der Waals surface area (Å²) in [6.07, 6.45) is 0.845. The Morgan fingerprint density at radius 2 is 1.95 bits per heavy atom. The maximum atomic E-state index is 5.52. The zero-order chi connectivity index (χ0) is 14.9. The smallest absolute Gasteiger partial charge is 0.0958 e. The van der Waals surface area contributed by atoms with Crippen LogP contribution in [0, 0.1) is 0 Å². The molecule has 2 rings (SSSR count). The highest BCUT2D eigenvalue weighted by atomic mass is 32.1. The van der Waals surface area contributed by atoms with Gasteiger partial charge in [-0.25, -0.2) is 4.98 Å². The molecular weight excluding hydrogens is 284 g/mol. The highest BCUT2D eigenvalue weighted by molar-refractivity contribution is 7.12. The third-order valence-corrected chi connectivity index (χ3v) is 4.13. The van der Waals surface area contributed by atoms with E-state index in [2.05, 4.69) is 17.4 Å². The first-order valence-electron chi connectivity index (χ1n) is 7.10. The molecule has 0 saturated carbocycles. The molecule has 114 valence electrons. The van der Waals surface area contributed by atoms with E-state index in [4.69, 9.17) is 14.5 Å². The molecule has 5 heteroatoms. The summed E-state index contributed by atoms with van der Waals surface area (Å²) in [5.74, 6) is 0. The van der Waals surface area contributed by atoms with Gasteiger partial charge < -0.3 is 14.8 Å². The molecule has 0 aliphatic carbocycles. The molecule has 0 saturated heterocycles. The molecule has 2 aromatic rings. The van der Waals surface area contributed by atoms with Gasteiger partial charge in [0.15, 0.2) is 0 Å². The average Bonchev–Trinajstić information content (AvgIpc) is 2.91. The second-order valence-electron chi connectivity index (χ2n) is 4.63. The second kappa shape index (κ2) is 8.89. The summed E-state index contributed by atoms with van der Waals surface area (Å²) in [5.41, 5.74) is 2.26. The molecule has 0 bridgehead atoms. The first kappa shape index (κ1) is 16.1. The Kier molecular flexibility index (Phi) is 6.82. The highest BCUT2D eigenvalue weighted by Gasteiger charge is 2.12. The molecule has 0 atom stereocenters. The average molecular weight is 306 g/mol. The summed E-state index contributed by atoms with van der Waals surface area (Å²) in [7, 11) is 3.64. The summed E-state index contributed by atoms with van der Waals surface area (Å²) in [5, 5.41) is 4.34. The van der Waals surface area contributed by atoms with Gasteiger partial charge in [0, 0.05) is 30.5 Å². The van der Waals surface area contributed by atoms with Crippen LogP contribution in [0.15, 0.2) is 30.3 Å². The molecule has 0 radical (unpaired) electrons. The molecule has 21 heavy (non-hydrogen) atoms. The monoisotopic (exact) mass is 306 g/mol. The van der Waals surface area contributed by atoms with Gasteiger partial charge in [-0.1, -0.05) is 30.3 Å². The number of hydrogen-bond acceptors (Lipinski definition) is 5. The van der Waals surface area contributed by atoms with E-state index < -0.39 is 0 Å². The first-order valence-corrected chi connectivity index (χ1v) is 7.92. The number of ether oxygens (including phenoxy) is 2. The molecule has 1 aromatic heterocycles. The molecule has 0 aliphatic heterocycles. The van der Waals surface area contributed by atoms with Gasteiger partial charge in [-0.3, -0.25) is 0 Å². The predicted molar refractivity (Wildman–Crippen MR) is 86.7 cm³/mol. The fourth-order valence-corrected chi connectivity index (χ4v) is 3.10. The summed E-state index contributed by atoms with van der Waals surface area (Å²) < 4.78 is 10.5. The summed E-state index contributed by atoms with van der Waals surface area (Å²) in [6, 6.07) is 10.3. The van der Waals surface area contributed by atoms with Crippen molar-refractivity contribution in [3.63, 3.8) is 0 Å². The topological polar surface area (TPSA) is 43.4 Å². The number of methoxy groups -OCH3 is 1. The third-order valence-electron chi connectivity index (χ3n) is 3.02. The first-order chi connectivity index (χ1) is 10.3. The van der Waals surface area contributed by atoms with E-state index in [1.807, 2.05) is 25.2 Å². The standard InChI is InChI=1S/C16H22N2O2S/c1-17-12-14-16(13-6-4-3-5-7-13)18-15(21-14)8-9-20-11-10-19-2/h3-7,17H,8-12H2,1-2H3. The number of aromatic nitrogens is 1. The lowest BCUT2D eigenvalue weighted by Crippen LogP contribution is -2.04. The molecule has 1 N–H and O–H groups in total. The summed E-state index contributed by atoms with van der Waals surface area (Å²) in [4.78, 5) is 6.06. The maximum absolute atomic E-state index is 5.52. The molecule has 4 nitrogen and oxygen atoms in total. The zero-order valence-electron chi connectivity index (χ0n) is 12.6. The predicted octanol–water partition coefficient (Wildman–Crippen LogP) is 2.74. The summed E-state index contributed by atoms with van der Waals surface area (Å²) >= 11 is 1.76. The Morgan fingerprint density at radius 1 is 1.14 bits per heavy atom. The van der Waals surface area contributed by atoms with Gasteiger partial charge in [-0.05, 0) is 7.05 Å². The minimum Gasteiger partial charge on any atom is -0.382 e. The van der Waals surface area contributed by atoms with Gasteiger partial charge in [0.05, 0.1) is 30.5 Å². The third kappa shape index (κ3) is 4.89. The molecule has 0 amide bonds. The quantitative estimate of drug-likeness (QED) is 0.724. The Balaban J connectivity index is 2.03. The molecule has 1 aromatic carbocycles. The van der Waals surface area contributed by atoms with E-state index in [1.54, 1.807) is 18.4 Å². The maximum Gasteiger partial charge on any atom is 0.0958 e. The lowest BCUT2D eigenvalue weighted by Gasteiger charge is -2.01. The Hall–Kier alpha value is -1.27. The molecule has 0 fully saturated rings. The van der Waals surface area contributed by atoms with E-state index >= 15 is 0 Å². The van der Waals surface area contributed by atoms with Gasteiger partial charge in [-0.2, -0.15) is 0 Å². The lowest BCUT2D eigenvalue weighted by molar-refractivity contribution is 0.0722. The fourth-order valence-electron chi connectivity index (χ4n) is 2.01. The summed E-state index contributed by atoms with van der Waals surface area (Å²) in [6.45, 7) is 2.80. The Labute approximate surface area is 130 Å². The van der Waals surface area contributed by atoms with Crippen LogP contribution in [0.2, 0.25) is 0 Å². The highest BCUT2D eigenvalue weighted by Crippen LogP contribution is 2.28. The van der Waals surface area contributed by atoms with Crippen molar-refractivity contribution in [2.24, 2.45) is 0 Å². The van der Waals surface area contributed by atoms with E-state index in [0.717, 1.165) is 23.7 Å². The van der Waals surface area contributed by atoms with Crippen molar-refractivity contribution in [2.75, 3.05) is 34.0 Å². The van der Waals surface area contributed by atoms with Gasteiger partial charge in [0.2, 0.25) is 0 Å². The number of nitrogens with one attached hydrogen (secondary N) is 1. The van der Waals surface area contributed by atoms with E-state index in [9.17, 15) is 0 Å². The molecular formula is C16H22N2O2S. The van der Waals surface area contributed by atoms with Crippen LogP contribution in [-0.2, 0) is 22.4 Å². The van der Waals surface area contributed by atoms with Crippen LogP contribution in [-0.4, -0.2) is 39.0 Å². The van der Waals surface area contributed by atoms with Crippen LogP contribution >= 0.6 is 11.3 Å². The molecule has 1 heterocycles. The molecule has 0 spiro atoms. The minimum atomic E-state index is 0.636. The normalized spacial score (nSPS) is 11.0. The van der Waals surface area contributed by atoms with Gasteiger partial charge in [0.1, 0.15) is 0 Å². The van der Waals surface area contributed by atoms with Crippen LogP contribution in [0.1, 0.15) is 9.88 Å². The van der Waals surface area contributed by atoms with Gasteiger partial charge in [0.25, 0.3) is 0 Å². The number of nitrogens with zero attached hydrogens (tertiary/aromatic N) is 1. The van der Waals surface area contributed by atoms with Crippen molar-refractivity contribution in [1.29, 1.82) is 0 Å². The van der Waals surface area contributed by atoms with Crippen LogP contribution in [0.4, 0.5) is 0 Å². The van der Waals surface area contributed by atoms with E-state index in [-0.39, 0.29) is 0 Å². The minimum absolute atomic E-state index is 0.636. The van der Waals surface area contributed by atoms with Crippen LogP contribution in [0.25, 0.3) is 11.3 Å². The molecule has 0 unspecified atom stereocenters. The largest absolute Gasteiger partial charge is 0.382 e. The van der Waals surface area contributed by atoms with Crippen molar-refractivity contribution in [1.82, 2.24) is 10.3 Å². The van der Waals surface area contributed by atoms with Gasteiger partial charge >= 0.3 is 0 Å². The fraction of sp³-hybridized carbons (Fsp3) is 0.438. The second-order valence-corrected chi connectivity index (χ2v) is 5.80. The van der Waals surface area contributed by atoms with Crippen LogP contribution in [0.3, 0.4) is 0 Å². The van der Waals surface area contributed by atoms with Crippen LogP contribution < -0.4 is 5.32 Å². The van der Waals surface area contributed by atoms with Gasteiger partial charge in [-0.15, -0.1) is 11.3 Å². The lowest BCUT2D eigenvalue weighted by atomic mass is 10.1. The van der Waals surface area contributed by atoms with E-state index in [1.165, 1.54) is 10.4 Å². The van der Waals surface area contributed by atoms with Crippen molar-refractivity contribution in [2.45, 2.75) is 13.0 Å². The van der Waals surface area contributed by atoms with Crippen LogP contribution in [0.5, 0.6) is 0 Å². The van der Waals surface area contributed by atoms with Crippen molar-refractivity contribution in [3.05, 3.63) is 40.2 Å². The SMILES string of the molecule is CNCc1sc(CCOCCOC)nc1-c1ccccc1. The van der Waals surface area contributed by atoms with Crippen molar-refractivity contribution in [3.8, 4) is 11.3 Å². The number of hydrogen-bond donors (Lipinski definition) is 1. The number of thiazole rings is 1. The number of benzene rings is 1. The van der Waals surface area contributed by atoms with Crippen molar-refractivity contribution < 1.29 is 9.47 Å².